The summed E-state index contributed by atoms with van der Waals surface area (Å²) in [5.74, 6) is -4.40. The zero-order valence-electron chi connectivity index (χ0n) is 8.82. The second-order valence-corrected chi connectivity index (χ2v) is 3.51. The van der Waals surface area contributed by atoms with Crippen molar-refractivity contribution in [2.75, 3.05) is 0 Å². The van der Waals surface area contributed by atoms with Crippen molar-refractivity contribution in [3.8, 4) is 11.1 Å². The number of hydrogen-bond donors (Lipinski definition) is 1. The maximum atomic E-state index is 13.5. The quantitative estimate of drug-likeness (QED) is 0.895. The number of pyridine rings is 1. The van der Waals surface area contributed by atoms with Gasteiger partial charge in [-0.2, -0.15) is 0 Å². The minimum absolute atomic E-state index is 0.0370. The largest absolute Gasteiger partial charge is 0.478 e. The third-order valence-electron chi connectivity index (χ3n) is 2.30. The van der Waals surface area contributed by atoms with E-state index in [0.717, 1.165) is 24.5 Å². The second-order valence-electron chi connectivity index (χ2n) is 3.51. The molecule has 0 radical (unpaired) electrons. The zero-order valence-corrected chi connectivity index (χ0v) is 8.82. The molecule has 0 aliphatic rings. The smallest absolute Gasteiger partial charge is 0.338 e. The zero-order chi connectivity index (χ0) is 13.3. The highest BCUT2D eigenvalue weighted by Gasteiger charge is 2.16. The molecule has 92 valence electrons. The van der Waals surface area contributed by atoms with Crippen molar-refractivity contribution in [2.45, 2.75) is 0 Å². The SMILES string of the molecule is O=C(O)c1cc(-c2cncc(F)c2)c(F)cc1F. The van der Waals surface area contributed by atoms with E-state index in [9.17, 15) is 18.0 Å². The molecule has 0 saturated carbocycles. The monoisotopic (exact) mass is 253 g/mol. The lowest BCUT2D eigenvalue weighted by atomic mass is 10.0. The molecule has 18 heavy (non-hydrogen) atoms. The first kappa shape index (κ1) is 12.1. The van der Waals surface area contributed by atoms with Gasteiger partial charge in [0.2, 0.25) is 0 Å². The Labute approximate surface area is 99.5 Å². The molecule has 0 fully saturated rings. The summed E-state index contributed by atoms with van der Waals surface area (Å²) in [6.07, 6.45) is 2.08. The minimum atomic E-state index is -1.53. The van der Waals surface area contributed by atoms with Gasteiger partial charge in [0.15, 0.2) is 0 Å². The molecule has 0 unspecified atom stereocenters. The first-order valence-corrected chi connectivity index (χ1v) is 4.82. The number of carboxylic acid groups (broad SMARTS) is 1. The topological polar surface area (TPSA) is 50.2 Å². The van der Waals surface area contributed by atoms with Gasteiger partial charge in [0, 0.05) is 23.4 Å². The molecule has 0 atom stereocenters. The van der Waals surface area contributed by atoms with Gasteiger partial charge in [0.1, 0.15) is 17.5 Å². The van der Waals surface area contributed by atoms with Crippen LogP contribution in [0.1, 0.15) is 10.4 Å². The Morgan fingerprint density at radius 1 is 1.06 bits per heavy atom. The molecule has 6 heteroatoms. The van der Waals surface area contributed by atoms with Crippen LogP contribution >= 0.6 is 0 Å². The van der Waals surface area contributed by atoms with E-state index in [1.165, 1.54) is 0 Å². The highest BCUT2D eigenvalue weighted by molar-refractivity contribution is 5.89. The standard InChI is InChI=1S/C12H6F3NO2/c13-7-1-6(4-16-5-7)8-2-9(12(17)18)11(15)3-10(8)14/h1-5H,(H,17,18). The Morgan fingerprint density at radius 2 is 1.78 bits per heavy atom. The molecular formula is C12H6F3NO2. The van der Waals surface area contributed by atoms with Gasteiger partial charge in [0.25, 0.3) is 0 Å². The predicted octanol–water partition coefficient (Wildman–Crippen LogP) is 2.86. The van der Waals surface area contributed by atoms with Crippen molar-refractivity contribution in [3.63, 3.8) is 0 Å². The third kappa shape index (κ3) is 2.17. The third-order valence-corrected chi connectivity index (χ3v) is 2.30. The van der Waals surface area contributed by atoms with Crippen molar-refractivity contribution in [1.82, 2.24) is 4.98 Å². The molecule has 0 aliphatic heterocycles. The molecule has 1 heterocycles. The Morgan fingerprint density at radius 3 is 2.39 bits per heavy atom. The van der Waals surface area contributed by atoms with Crippen LogP contribution in [0.4, 0.5) is 13.2 Å². The summed E-state index contributed by atoms with van der Waals surface area (Å²) in [7, 11) is 0. The number of rotatable bonds is 2. The van der Waals surface area contributed by atoms with Gasteiger partial charge in [-0.25, -0.2) is 18.0 Å². The fourth-order valence-electron chi connectivity index (χ4n) is 1.49. The van der Waals surface area contributed by atoms with E-state index >= 15 is 0 Å². The number of aromatic carboxylic acids is 1. The lowest BCUT2D eigenvalue weighted by Crippen LogP contribution is -2.02. The van der Waals surface area contributed by atoms with Crippen molar-refractivity contribution in [3.05, 3.63) is 53.6 Å². The van der Waals surface area contributed by atoms with E-state index in [0.29, 0.717) is 6.07 Å². The van der Waals surface area contributed by atoms with Crippen LogP contribution in [0, 0.1) is 17.5 Å². The number of carboxylic acids is 1. The molecule has 0 aliphatic carbocycles. The van der Waals surface area contributed by atoms with Gasteiger partial charge in [-0.1, -0.05) is 0 Å². The van der Waals surface area contributed by atoms with Crippen molar-refractivity contribution in [1.29, 1.82) is 0 Å². The summed E-state index contributed by atoms with van der Waals surface area (Å²) in [4.78, 5) is 14.2. The fraction of sp³-hybridized carbons (Fsp3) is 0. The van der Waals surface area contributed by atoms with Crippen LogP contribution < -0.4 is 0 Å². The van der Waals surface area contributed by atoms with Crippen LogP contribution in [0.15, 0.2) is 30.6 Å². The molecule has 0 amide bonds. The van der Waals surface area contributed by atoms with Gasteiger partial charge in [-0.3, -0.25) is 4.98 Å². The molecular weight excluding hydrogens is 247 g/mol. The lowest BCUT2D eigenvalue weighted by molar-refractivity contribution is 0.0692. The summed E-state index contributed by atoms with van der Waals surface area (Å²) in [6.45, 7) is 0. The molecule has 3 nitrogen and oxygen atoms in total. The average Bonchev–Trinajstić information content (AvgIpc) is 2.28. The van der Waals surface area contributed by atoms with E-state index < -0.39 is 29.0 Å². The number of benzene rings is 1. The molecule has 2 aromatic rings. The number of carbonyl (C=O) groups is 1. The van der Waals surface area contributed by atoms with Gasteiger partial charge < -0.3 is 5.11 Å². The Kier molecular flexibility index (Phi) is 3.01. The first-order valence-electron chi connectivity index (χ1n) is 4.82. The van der Waals surface area contributed by atoms with Crippen LogP contribution in [0.2, 0.25) is 0 Å². The van der Waals surface area contributed by atoms with Crippen LogP contribution in [0.5, 0.6) is 0 Å². The van der Waals surface area contributed by atoms with E-state index in [1.807, 2.05) is 0 Å². The second kappa shape index (κ2) is 4.48. The van der Waals surface area contributed by atoms with Crippen LogP contribution in [-0.4, -0.2) is 16.1 Å². The normalized spacial score (nSPS) is 10.4. The predicted molar refractivity (Wildman–Crippen MR) is 56.5 cm³/mol. The van der Waals surface area contributed by atoms with E-state index in [4.69, 9.17) is 5.11 Å². The van der Waals surface area contributed by atoms with Crippen molar-refractivity contribution >= 4 is 5.97 Å². The van der Waals surface area contributed by atoms with E-state index in [-0.39, 0.29) is 11.1 Å². The first-order chi connectivity index (χ1) is 8.49. The number of hydrogen-bond acceptors (Lipinski definition) is 2. The molecule has 1 aromatic heterocycles. The Balaban J connectivity index is 2.64. The summed E-state index contributed by atoms with van der Waals surface area (Å²) in [5, 5.41) is 8.73. The van der Waals surface area contributed by atoms with Crippen molar-refractivity contribution in [2.24, 2.45) is 0 Å². The molecule has 0 bridgehead atoms. The maximum absolute atomic E-state index is 13.5. The molecule has 0 saturated heterocycles. The number of aromatic nitrogens is 1. The Hall–Kier alpha value is -2.37. The van der Waals surface area contributed by atoms with E-state index in [2.05, 4.69) is 4.98 Å². The van der Waals surface area contributed by atoms with Crippen LogP contribution in [0.3, 0.4) is 0 Å². The minimum Gasteiger partial charge on any atom is -0.478 e. The van der Waals surface area contributed by atoms with Crippen LogP contribution in [0.25, 0.3) is 11.1 Å². The Bertz CT molecular complexity index is 629. The van der Waals surface area contributed by atoms with Gasteiger partial charge >= 0.3 is 5.97 Å². The number of halogens is 3. The van der Waals surface area contributed by atoms with Crippen molar-refractivity contribution < 1.29 is 23.1 Å². The summed E-state index contributed by atoms with van der Waals surface area (Å²) < 4.78 is 39.6. The summed E-state index contributed by atoms with van der Waals surface area (Å²) in [5.41, 5.74) is -0.869. The maximum Gasteiger partial charge on any atom is 0.338 e. The van der Waals surface area contributed by atoms with Gasteiger partial charge in [-0.05, 0) is 12.1 Å². The summed E-state index contributed by atoms with van der Waals surface area (Å²) >= 11 is 0. The van der Waals surface area contributed by atoms with Gasteiger partial charge in [0.05, 0.1) is 11.8 Å². The van der Waals surface area contributed by atoms with Gasteiger partial charge in [-0.15, -0.1) is 0 Å². The molecule has 2 rings (SSSR count). The summed E-state index contributed by atoms with van der Waals surface area (Å²) in [6, 6.07) is 2.24. The number of nitrogens with zero attached hydrogens (tertiary/aromatic N) is 1. The molecule has 0 spiro atoms. The molecule has 1 aromatic carbocycles. The van der Waals surface area contributed by atoms with E-state index in [1.54, 1.807) is 0 Å². The lowest BCUT2D eigenvalue weighted by Gasteiger charge is -2.05. The average molecular weight is 253 g/mol. The fourth-order valence-corrected chi connectivity index (χ4v) is 1.49. The molecule has 1 N–H and O–H groups in total. The highest BCUT2D eigenvalue weighted by atomic mass is 19.1. The highest BCUT2D eigenvalue weighted by Crippen LogP contribution is 2.25. The van der Waals surface area contributed by atoms with Crippen LogP contribution in [-0.2, 0) is 0 Å².